The lowest BCUT2D eigenvalue weighted by Crippen LogP contribution is -2.34. The molecule has 1 aromatic rings. The van der Waals surface area contributed by atoms with Crippen molar-refractivity contribution in [3.8, 4) is 0 Å². The van der Waals surface area contributed by atoms with Gasteiger partial charge < -0.3 is 16.2 Å². The fourth-order valence-electron chi connectivity index (χ4n) is 1.15. The second kappa shape index (κ2) is 4.44. The Hall–Kier alpha value is -1.06. The van der Waals surface area contributed by atoms with Crippen LogP contribution in [0.15, 0.2) is 24.3 Å². The van der Waals surface area contributed by atoms with Crippen molar-refractivity contribution in [1.82, 2.24) is 5.32 Å². The van der Waals surface area contributed by atoms with Gasteiger partial charge in [0.1, 0.15) is 0 Å². The third-order valence-electron chi connectivity index (χ3n) is 1.87. The molecule has 0 aliphatic heterocycles. The second-order valence-electron chi connectivity index (χ2n) is 4.16. The number of benzene rings is 1. The third kappa shape index (κ3) is 4.25. The standard InChI is InChI=1S/C11H18N2O/c1-11(2,14)8-13-7-9-3-5-10(12)6-4-9/h3-6,13-14H,7-8,12H2,1-2H3. The number of anilines is 1. The molecule has 3 nitrogen and oxygen atoms in total. The van der Waals surface area contributed by atoms with E-state index in [1.165, 1.54) is 5.56 Å². The van der Waals surface area contributed by atoms with E-state index in [4.69, 9.17) is 5.73 Å². The first-order valence-corrected chi connectivity index (χ1v) is 4.75. The minimum Gasteiger partial charge on any atom is -0.399 e. The molecule has 0 bridgehead atoms. The van der Waals surface area contributed by atoms with Gasteiger partial charge in [-0.25, -0.2) is 0 Å². The zero-order chi connectivity index (χ0) is 10.6. The molecule has 0 heterocycles. The summed E-state index contributed by atoms with van der Waals surface area (Å²) in [5.41, 5.74) is 6.85. The van der Waals surface area contributed by atoms with Gasteiger partial charge in [0, 0.05) is 18.8 Å². The molecule has 0 aliphatic carbocycles. The van der Waals surface area contributed by atoms with Crippen LogP contribution in [-0.4, -0.2) is 17.3 Å². The molecule has 0 radical (unpaired) electrons. The summed E-state index contributed by atoms with van der Waals surface area (Å²) in [4.78, 5) is 0. The fourth-order valence-corrected chi connectivity index (χ4v) is 1.15. The lowest BCUT2D eigenvalue weighted by Gasteiger charge is -2.17. The van der Waals surface area contributed by atoms with Crippen LogP contribution < -0.4 is 11.1 Å². The van der Waals surface area contributed by atoms with Gasteiger partial charge in [0.2, 0.25) is 0 Å². The van der Waals surface area contributed by atoms with Crippen LogP contribution in [0.5, 0.6) is 0 Å². The van der Waals surface area contributed by atoms with Crippen LogP contribution in [0.25, 0.3) is 0 Å². The summed E-state index contributed by atoms with van der Waals surface area (Å²) < 4.78 is 0. The van der Waals surface area contributed by atoms with Crippen molar-refractivity contribution in [2.45, 2.75) is 26.0 Å². The smallest absolute Gasteiger partial charge is 0.0715 e. The maximum Gasteiger partial charge on any atom is 0.0715 e. The normalized spacial score (nSPS) is 11.6. The minimum absolute atomic E-state index is 0.581. The Labute approximate surface area is 84.9 Å². The summed E-state index contributed by atoms with van der Waals surface area (Å²) in [7, 11) is 0. The molecule has 0 saturated heterocycles. The zero-order valence-corrected chi connectivity index (χ0v) is 8.75. The van der Waals surface area contributed by atoms with E-state index in [2.05, 4.69) is 5.32 Å². The summed E-state index contributed by atoms with van der Waals surface area (Å²) >= 11 is 0. The monoisotopic (exact) mass is 194 g/mol. The van der Waals surface area contributed by atoms with Crippen LogP contribution in [0, 0.1) is 0 Å². The predicted octanol–water partition coefficient (Wildman–Crippen LogP) is 1.13. The van der Waals surface area contributed by atoms with Gasteiger partial charge in [-0.3, -0.25) is 0 Å². The Morgan fingerprint density at radius 1 is 1.29 bits per heavy atom. The van der Waals surface area contributed by atoms with E-state index in [0.717, 1.165) is 12.2 Å². The summed E-state index contributed by atoms with van der Waals surface area (Å²) in [6.07, 6.45) is 0. The van der Waals surface area contributed by atoms with Crippen molar-refractivity contribution < 1.29 is 5.11 Å². The van der Waals surface area contributed by atoms with Crippen molar-refractivity contribution in [3.05, 3.63) is 29.8 Å². The molecule has 0 unspecified atom stereocenters. The van der Waals surface area contributed by atoms with Crippen molar-refractivity contribution in [2.24, 2.45) is 0 Å². The maximum atomic E-state index is 9.46. The van der Waals surface area contributed by atoms with Crippen LogP contribution in [0.1, 0.15) is 19.4 Å². The lowest BCUT2D eigenvalue weighted by molar-refractivity contribution is 0.0795. The lowest BCUT2D eigenvalue weighted by atomic mass is 10.1. The van der Waals surface area contributed by atoms with E-state index in [-0.39, 0.29) is 0 Å². The summed E-state index contributed by atoms with van der Waals surface area (Å²) in [5.74, 6) is 0. The van der Waals surface area contributed by atoms with E-state index in [1.807, 2.05) is 24.3 Å². The highest BCUT2D eigenvalue weighted by molar-refractivity contribution is 5.39. The van der Waals surface area contributed by atoms with E-state index in [1.54, 1.807) is 13.8 Å². The fraction of sp³-hybridized carbons (Fsp3) is 0.455. The number of rotatable bonds is 4. The van der Waals surface area contributed by atoms with Gasteiger partial charge in [-0.05, 0) is 31.5 Å². The number of nitrogen functional groups attached to an aromatic ring is 1. The maximum absolute atomic E-state index is 9.46. The second-order valence-corrected chi connectivity index (χ2v) is 4.16. The summed E-state index contributed by atoms with van der Waals surface area (Å²) in [6, 6.07) is 7.71. The zero-order valence-electron chi connectivity index (χ0n) is 8.75. The molecule has 0 spiro atoms. The number of hydrogen-bond acceptors (Lipinski definition) is 3. The topological polar surface area (TPSA) is 58.3 Å². The van der Waals surface area contributed by atoms with Gasteiger partial charge >= 0.3 is 0 Å². The molecule has 0 saturated carbocycles. The molecular weight excluding hydrogens is 176 g/mol. The highest BCUT2D eigenvalue weighted by atomic mass is 16.3. The molecule has 14 heavy (non-hydrogen) atoms. The Morgan fingerprint density at radius 2 is 1.86 bits per heavy atom. The molecule has 0 atom stereocenters. The van der Waals surface area contributed by atoms with Gasteiger partial charge in [-0.1, -0.05) is 12.1 Å². The number of aliphatic hydroxyl groups is 1. The number of hydrogen-bond donors (Lipinski definition) is 3. The quantitative estimate of drug-likeness (QED) is 0.630. The van der Waals surface area contributed by atoms with Crippen LogP contribution in [0.4, 0.5) is 5.69 Å². The van der Waals surface area contributed by atoms with Gasteiger partial charge in [0.25, 0.3) is 0 Å². The van der Waals surface area contributed by atoms with E-state index in [0.29, 0.717) is 6.54 Å². The molecule has 0 aliphatic rings. The molecular formula is C11H18N2O. The first kappa shape index (κ1) is 11.0. The molecule has 3 heteroatoms. The predicted molar refractivity (Wildman–Crippen MR) is 58.9 cm³/mol. The van der Waals surface area contributed by atoms with Crippen LogP contribution in [0.2, 0.25) is 0 Å². The average Bonchev–Trinajstić information content (AvgIpc) is 2.06. The van der Waals surface area contributed by atoms with Crippen molar-refractivity contribution in [1.29, 1.82) is 0 Å². The highest BCUT2D eigenvalue weighted by Crippen LogP contribution is 2.05. The third-order valence-corrected chi connectivity index (χ3v) is 1.87. The SMILES string of the molecule is CC(C)(O)CNCc1ccc(N)cc1. The largest absolute Gasteiger partial charge is 0.399 e. The van der Waals surface area contributed by atoms with E-state index in [9.17, 15) is 5.11 Å². The van der Waals surface area contributed by atoms with Gasteiger partial charge in [0.15, 0.2) is 0 Å². The minimum atomic E-state index is -0.659. The van der Waals surface area contributed by atoms with Crippen molar-refractivity contribution >= 4 is 5.69 Å². The van der Waals surface area contributed by atoms with Gasteiger partial charge in [-0.2, -0.15) is 0 Å². The van der Waals surface area contributed by atoms with Gasteiger partial charge in [-0.15, -0.1) is 0 Å². The van der Waals surface area contributed by atoms with Crippen molar-refractivity contribution in [2.75, 3.05) is 12.3 Å². The molecule has 1 aromatic carbocycles. The molecule has 1 rings (SSSR count). The average molecular weight is 194 g/mol. The highest BCUT2D eigenvalue weighted by Gasteiger charge is 2.10. The first-order chi connectivity index (χ1) is 6.47. The first-order valence-electron chi connectivity index (χ1n) is 4.75. The Bertz CT molecular complexity index is 274. The number of nitrogens with two attached hydrogens (primary N) is 1. The molecule has 78 valence electrons. The summed E-state index contributed by atoms with van der Waals surface area (Å²) in [5, 5.41) is 12.6. The van der Waals surface area contributed by atoms with Crippen LogP contribution in [-0.2, 0) is 6.54 Å². The van der Waals surface area contributed by atoms with Crippen molar-refractivity contribution in [3.63, 3.8) is 0 Å². The van der Waals surface area contributed by atoms with Crippen LogP contribution in [0.3, 0.4) is 0 Å². The van der Waals surface area contributed by atoms with E-state index >= 15 is 0 Å². The molecule has 0 fully saturated rings. The molecule has 0 amide bonds. The Morgan fingerprint density at radius 3 is 2.36 bits per heavy atom. The number of nitrogens with one attached hydrogen (secondary N) is 1. The summed E-state index contributed by atoms with van der Waals surface area (Å²) in [6.45, 7) is 4.90. The Balaban J connectivity index is 2.35. The molecule has 4 N–H and O–H groups in total. The molecule has 0 aromatic heterocycles. The van der Waals surface area contributed by atoms with E-state index < -0.39 is 5.60 Å². The van der Waals surface area contributed by atoms with Crippen LogP contribution >= 0.6 is 0 Å². The van der Waals surface area contributed by atoms with Gasteiger partial charge in [0.05, 0.1) is 5.60 Å². The Kier molecular flexibility index (Phi) is 3.49.